The summed E-state index contributed by atoms with van der Waals surface area (Å²) < 4.78 is 10.6. The van der Waals surface area contributed by atoms with Crippen molar-refractivity contribution in [1.29, 1.82) is 0 Å². The summed E-state index contributed by atoms with van der Waals surface area (Å²) in [6.45, 7) is 2.45. The first-order valence-electron chi connectivity index (χ1n) is 6.72. The Kier molecular flexibility index (Phi) is 4.56. The molecule has 0 saturated heterocycles. The van der Waals surface area contributed by atoms with Gasteiger partial charge in [-0.3, -0.25) is 5.32 Å². The third-order valence-electron chi connectivity index (χ3n) is 3.28. The molecule has 1 aromatic rings. The molecule has 0 spiro atoms. The lowest BCUT2D eigenvalue weighted by atomic mass is 9.90. The van der Waals surface area contributed by atoms with Gasteiger partial charge in [0.2, 0.25) is 0 Å². The lowest BCUT2D eigenvalue weighted by molar-refractivity contribution is -0.154. The maximum absolute atomic E-state index is 12.5. The number of esters is 1. The minimum absolute atomic E-state index is 0.269. The Bertz CT molecular complexity index is 417. The van der Waals surface area contributed by atoms with Crippen LogP contribution in [0.3, 0.4) is 0 Å². The summed E-state index contributed by atoms with van der Waals surface area (Å²) in [6, 6.07) is 10.0. The Morgan fingerprint density at radius 2 is 2.05 bits per heavy atom. The van der Waals surface area contributed by atoms with E-state index in [4.69, 9.17) is 9.47 Å². The molecule has 2 rings (SSSR count). The minimum Gasteiger partial charge on any atom is -0.464 e. The molecule has 0 aromatic heterocycles. The van der Waals surface area contributed by atoms with E-state index < -0.39 is 5.54 Å². The first-order valence-corrected chi connectivity index (χ1v) is 6.72. The molecule has 0 radical (unpaired) electrons. The number of nitrogens with one attached hydrogen (secondary N) is 1. The second-order valence-corrected chi connectivity index (χ2v) is 4.84. The Labute approximate surface area is 114 Å². The molecule has 4 nitrogen and oxygen atoms in total. The van der Waals surface area contributed by atoms with Gasteiger partial charge in [0.1, 0.15) is 0 Å². The zero-order chi connectivity index (χ0) is 13.7. The molecule has 104 valence electrons. The van der Waals surface area contributed by atoms with E-state index in [1.165, 1.54) is 0 Å². The molecule has 19 heavy (non-hydrogen) atoms. The van der Waals surface area contributed by atoms with Crippen molar-refractivity contribution in [3.8, 4) is 0 Å². The highest BCUT2D eigenvalue weighted by atomic mass is 16.5. The van der Waals surface area contributed by atoms with Gasteiger partial charge in [0.15, 0.2) is 5.54 Å². The highest BCUT2D eigenvalue weighted by molar-refractivity contribution is 5.83. The maximum Gasteiger partial charge on any atom is 0.333 e. The molecule has 0 heterocycles. The van der Waals surface area contributed by atoms with E-state index in [9.17, 15) is 4.79 Å². The lowest BCUT2D eigenvalue weighted by Gasteiger charge is -2.32. The monoisotopic (exact) mass is 263 g/mol. The third kappa shape index (κ3) is 3.14. The Morgan fingerprint density at radius 3 is 2.58 bits per heavy atom. The molecule has 1 saturated carbocycles. The molecule has 0 bridgehead atoms. The van der Waals surface area contributed by atoms with E-state index in [0.29, 0.717) is 12.6 Å². The van der Waals surface area contributed by atoms with Crippen LogP contribution in [0.4, 0.5) is 0 Å². The SMILES string of the molecule is CCOC(=O)C(COC)(NC1CC1)c1ccccc1. The van der Waals surface area contributed by atoms with Crippen LogP contribution in [0.2, 0.25) is 0 Å². The third-order valence-corrected chi connectivity index (χ3v) is 3.28. The second kappa shape index (κ2) is 6.17. The molecule has 1 unspecified atom stereocenters. The van der Waals surface area contributed by atoms with Crippen LogP contribution in [0, 0.1) is 0 Å². The number of hydrogen-bond donors (Lipinski definition) is 1. The molecule has 1 aliphatic carbocycles. The number of carbonyl (C=O) groups excluding carboxylic acids is 1. The zero-order valence-corrected chi connectivity index (χ0v) is 11.5. The Hall–Kier alpha value is -1.39. The smallest absolute Gasteiger partial charge is 0.333 e. The second-order valence-electron chi connectivity index (χ2n) is 4.84. The average Bonchev–Trinajstić information content (AvgIpc) is 3.23. The largest absolute Gasteiger partial charge is 0.464 e. The van der Waals surface area contributed by atoms with E-state index in [0.717, 1.165) is 18.4 Å². The molecule has 1 aliphatic rings. The van der Waals surface area contributed by atoms with Gasteiger partial charge in [-0.2, -0.15) is 0 Å². The molecular formula is C15H21NO3. The summed E-state index contributed by atoms with van der Waals surface area (Å²) in [5.41, 5.74) is -0.00472. The van der Waals surface area contributed by atoms with Crippen molar-refractivity contribution >= 4 is 5.97 Å². The molecule has 4 heteroatoms. The number of benzene rings is 1. The molecule has 1 N–H and O–H groups in total. The number of carbonyl (C=O) groups is 1. The van der Waals surface area contributed by atoms with Gasteiger partial charge in [0, 0.05) is 13.2 Å². The summed E-state index contributed by atoms with van der Waals surface area (Å²) in [5.74, 6) is -0.269. The van der Waals surface area contributed by atoms with Gasteiger partial charge < -0.3 is 9.47 Å². The van der Waals surface area contributed by atoms with E-state index >= 15 is 0 Å². The van der Waals surface area contributed by atoms with Crippen LogP contribution >= 0.6 is 0 Å². The number of hydrogen-bond acceptors (Lipinski definition) is 4. The zero-order valence-electron chi connectivity index (χ0n) is 11.5. The Morgan fingerprint density at radius 1 is 1.37 bits per heavy atom. The van der Waals surface area contributed by atoms with E-state index in [-0.39, 0.29) is 12.6 Å². The molecule has 1 atom stereocenters. The first kappa shape index (κ1) is 14.0. The minimum atomic E-state index is -0.896. The average molecular weight is 263 g/mol. The molecular weight excluding hydrogens is 242 g/mol. The van der Waals surface area contributed by atoms with E-state index in [1.54, 1.807) is 7.11 Å². The van der Waals surface area contributed by atoms with Crippen LogP contribution in [0.1, 0.15) is 25.3 Å². The van der Waals surface area contributed by atoms with Crippen LogP contribution in [-0.2, 0) is 19.8 Å². The summed E-state index contributed by atoms with van der Waals surface area (Å²) in [4.78, 5) is 12.5. The summed E-state index contributed by atoms with van der Waals surface area (Å²) in [5, 5.41) is 3.41. The van der Waals surface area contributed by atoms with Crippen LogP contribution in [0.5, 0.6) is 0 Å². The highest BCUT2D eigenvalue weighted by Crippen LogP contribution is 2.30. The van der Waals surface area contributed by atoms with Crippen molar-refractivity contribution in [3.05, 3.63) is 35.9 Å². The number of methoxy groups -OCH3 is 1. The fourth-order valence-electron chi connectivity index (χ4n) is 2.21. The fraction of sp³-hybridized carbons (Fsp3) is 0.533. The number of rotatable bonds is 7. The summed E-state index contributed by atoms with van der Waals surface area (Å²) >= 11 is 0. The van der Waals surface area contributed by atoms with Gasteiger partial charge in [-0.1, -0.05) is 30.3 Å². The molecule has 1 fully saturated rings. The molecule has 0 amide bonds. The Balaban J connectivity index is 2.34. The van der Waals surface area contributed by atoms with Gasteiger partial charge >= 0.3 is 5.97 Å². The number of ether oxygens (including phenoxy) is 2. The topological polar surface area (TPSA) is 47.6 Å². The first-order chi connectivity index (χ1) is 9.23. The molecule has 0 aliphatic heterocycles. The van der Waals surface area contributed by atoms with Gasteiger partial charge in [-0.15, -0.1) is 0 Å². The van der Waals surface area contributed by atoms with Crippen molar-refractivity contribution in [3.63, 3.8) is 0 Å². The molecule has 1 aromatic carbocycles. The van der Waals surface area contributed by atoms with E-state index in [2.05, 4.69) is 5.32 Å². The van der Waals surface area contributed by atoms with Crippen molar-refractivity contribution in [2.45, 2.75) is 31.3 Å². The van der Waals surface area contributed by atoms with Crippen LogP contribution < -0.4 is 5.32 Å². The van der Waals surface area contributed by atoms with Crippen molar-refractivity contribution in [1.82, 2.24) is 5.32 Å². The maximum atomic E-state index is 12.5. The van der Waals surface area contributed by atoms with Crippen molar-refractivity contribution in [2.24, 2.45) is 0 Å². The fourth-order valence-corrected chi connectivity index (χ4v) is 2.21. The van der Waals surface area contributed by atoms with Gasteiger partial charge in [-0.25, -0.2) is 4.79 Å². The normalized spacial score (nSPS) is 17.8. The lowest BCUT2D eigenvalue weighted by Crippen LogP contribution is -2.54. The van der Waals surface area contributed by atoms with Gasteiger partial charge in [0.25, 0.3) is 0 Å². The standard InChI is InChI=1S/C15H21NO3/c1-3-19-14(17)15(11-18-2,16-13-9-10-13)12-7-5-4-6-8-12/h4-8,13,16H,3,9-11H2,1-2H3. The highest BCUT2D eigenvalue weighted by Gasteiger charge is 2.45. The predicted molar refractivity (Wildman–Crippen MR) is 72.8 cm³/mol. The van der Waals surface area contributed by atoms with Crippen LogP contribution in [-0.4, -0.2) is 32.3 Å². The van der Waals surface area contributed by atoms with Crippen molar-refractivity contribution in [2.75, 3.05) is 20.3 Å². The predicted octanol–water partition coefficient (Wildman–Crippen LogP) is 1.84. The van der Waals surface area contributed by atoms with Gasteiger partial charge in [-0.05, 0) is 25.3 Å². The van der Waals surface area contributed by atoms with Gasteiger partial charge in [0.05, 0.1) is 13.2 Å². The van der Waals surface area contributed by atoms with E-state index in [1.807, 2.05) is 37.3 Å². The summed E-state index contributed by atoms with van der Waals surface area (Å²) in [7, 11) is 1.60. The summed E-state index contributed by atoms with van der Waals surface area (Å²) in [6.07, 6.45) is 2.19. The van der Waals surface area contributed by atoms with Crippen LogP contribution in [0.25, 0.3) is 0 Å². The quantitative estimate of drug-likeness (QED) is 0.763. The van der Waals surface area contributed by atoms with Crippen molar-refractivity contribution < 1.29 is 14.3 Å². The van der Waals surface area contributed by atoms with Crippen LogP contribution in [0.15, 0.2) is 30.3 Å².